The molecule has 0 aliphatic carbocycles. The Morgan fingerprint density at radius 1 is 1.53 bits per heavy atom. The first-order chi connectivity index (χ1) is 9.00. The van der Waals surface area contributed by atoms with Gasteiger partial charge in [0.25, 0.3) is 5.91 Å². The largest absolute Gasteiger partial charge is 0.334 e. The van der Waals surface area contributed by atoms with Crippen LogP contribution in [0.2, 0.25) is 5.02 Å². The van der Waals surface area contributed by atoms with Crippen LogP contribution in [-0.2, 0) is 13.6 Å². The summed E-state index contributed by atoms with van der Waals surface area (Å²) >= 11 is 5.86. The van der Waals surface area contributed by atoms with Gasteiger partial charge in [0, 0.05) is 14.1 Å². The molecule has 0 fully saturated rings. The molecule has 0 atom stereocenters. The number of nitrogens with zero attached hydrogens (tertiary/aromatic N) is 4. The predicted octanol–water partition coefficient (Wildman–Crippen LogP) is 1.88. The average Bonchev–Trinajstić information content (AvgIpc) is 2.74. The van der Waals surface area contributed by atoms with E-state index >= 15 is 0 Å². The summed E-state index contributed by atoms with van der Waals surface area (Å²) in [5, 5.41) is 4.00. The van der Waals surface area contributed by atoms with Crippen LogP contribution in [0, 0.1) is 5.82 Å². The van der Waals surface area contributed by atoms with Gasteiger partial charge in [-0.2, -0.15) is 5.10 Å². The number of rotatable bonds is 3. The van der Waals surface area contributed by atoms with Crippen molar-refractivity contribution in [2.45, 2.75) is 6.54 Å². The first-order valence-corrected chi connectivity index (χ1v) is 5.91. The van der Waals surface area contributed by atoms with Gasteiger partial charge >= 0.3 is 0 Å². The van der Waals surface area contributed by atoms with Crippen LogP contribution in [0.1, 0.15) is 16.2 Å². The van der Waals surface area contributed by atoms with Gasteiger partial charge in [-0.15, -0.1) is 0 Å². The van der Waals surface area contributed by atoms with Crippen LogP contribution in [0.3, 0.4) is 0 Å². The van der Waals surface area contributed by atoms with E-state index in [1.807, 2.05) is 0 Å². The van der Waals surface area contributed by atoms with Gasteiger partial charge in [-0.3, -0.25) is 9.48 Å². The molecule has 19 heavy (non-hydrogen) atoms. The summed E-state index contributed by atoms with van der Waals surface area (Å²) in [5.41, 5.74) is -0.131. The molecule has 0 radical (unpaired) electrons. The van der Waals surface area contributed by atoms with Gasteiger partial charge in [-0.25, -0.2) is 9.37 Å². The molecule has 1 amide bonds. The second kappa shape index (κ2) is 5.36. The van der Waals surface area contributed by atoms with E-state index in [1.54, 1.807) is 18.8 Å². The lowest BCUT2D eigenvalue weighted by molar-refractivity contribution is 0.0775. The Bertz CT molecular complexity index is 593. The summed E-state index contributed by atoms with van der Waals surface area (Å²) in [5.74, 6) is -0.531. The number of carbonyl (C=O) groups excluding carboxylic acids is 1. The van der Waals surface area contributed by atoms with Crippen LogP contribution in [0.15, 0.2) is 24.5 Å². The number of carbonyl (C=O) groups is 1. The second-order valence-electron chi connectivity index (χ2n) is 4.06. The highest BCUT2D eigenvalue weighted by atomic mass is 35.5. The lowest BCUT2D eigenvalue weighted by atomic mass is 10.2. The topological polar surface area (TPSA) is 51.0 Å². The molecular formula is C12H12ClFN4O. The Hall–Kier alpha value is -1.95. The van der Waals surface area contributed by atoms with Gasteiger partial charge < -0.3 is 4.90 Å². The van der Waals surface area contributed by atoms with Gasteiger partial charge in [-0.05, 0) is 12.1 Å². The molecule has 1 aromatic carbocycles. The minimum absolute atomic E-state index is 0.0924. The van der Waals surface area contributed by atoms with Crippen LogP contribution in [0.4, 0.5) is 4.39 Å². The summed E-state index contributed by atoms with van der Waals surface area (Å²) in [6.45, 7) is 0.222. The lowest BCUT2D eigenvalue weighted by Gasteiger charge is -2.17. The number of hydrogen-bond acceptors (Lipinski definition) is 3. The highest BCUT2D eigenvalue weighted by Crippen LogP contribution is 2.20. The van der Waals surface area contributed by atoms with E-state index < -0.39 is 11.7 Å². The monoisotopic (exact) mass is 282 g/mol. The van der Waals surface area contributed by atoms with Crippen molar-refractivity contribution in [3.63, 3.8) is 0 Å². The maximum absolute atomic E-state index is 13.7. The van der Waals surface area contributed by atoms with Gasteiger partial charge in [-0.1, -0.05) is 17.7 Å². The molecule has 1 heterocycles. The molecule has 0 unspecified atom stereocenters. The van der Waals surface area contributed by atoms with Crippen LogP contribution in [0.5, 0.6) is 0 Å². The summed E-state index contributed by atoms with van der Waals surface area (Å²) in [4.78, 5) is 17.5. The Morgan fingerprint density at radius 3 is 2.84 bits per heavy atom. The Balaban J connectivity index is 2.22. The van der Waals surface area contributed by atoms with Crippen molar-refractivity contribution in [3.8, 4) is 0 Å². The normalized spacial score (nSPS) is 10.5. The van der Waals surface area contributed by atoms with E-state index in [2.05, 4.69) is 10.1 Å². The van der Waals surface area contributed by atoms with Crippen molar-refractivity contribution >= 4 is 17.5 Å². The van der Waals surface area contributed by atoms with Crippen molar-refractivity contribution in [2.24, 2.45) is 7.05 Å². The number of aryl methyl sites for hydroxylation is 1. The smallest absolute Gasteiger partial charge is 0.258 e. The SMILES string of the molecule is CN(Cc1ncnn1C)C(=O)c1c(F)cccc1Cl. The first kappa shape index (κ1) is 13.5. The van der Waals surface area contributed by atoms with Crippen molar-refractivity contribution < 1.29 is 9.18 Å². The Morgan fingerprint density at radius 2 is 2.26 bits per heavy atom. The van der Waals surface area contributed by atoms with Crippen LogP contribution in [0.25, 0.3) is 0 Å². The molecule has 0 saturated carbocycles. The summed E-state index contributed by atoms with van der Waals surface area (Å²) in [6.07, 6.45) is 1.39. The van der Waals surface area contributed by atoms with E-state index in [9.17, 15) is 9.18 Å². The molecule has 0 N–H and O–H groups in total. The quantitative estimate of drug-likeness (QED) is 0.864. The van der Waals surface area contributed by atoms with Crippen molar-refractivity contribution in [3.05, 3.63) is 46.8 Å². The maximum Gasteiger partial charge on any atom is 0.258 e. The van der Waals surface area contributed by atoms with Crippen LogP contribution < -0.4 is 0 Å². The molecular weight excluding hydrogens is 271 g/mol. The number of hydrogen-bond donors (Lipinski definition) is 0. The standard InChI is InChI=1S/C12H12ClFN4O/c1-17(6-10-15-7-16-18(10)2)12(19)11-8(13)4-3-5-9(11)14/h3-5,7H,6H2,1-2H3. The zero-order chi connectivity index (χ0) is 14.0. The number of aromatic nitrogens is 3. The van der Waals surface area contributed by atoms with E-state index in [-0.39, 0.29) is 17.1 Å². The lowest BCUT2D eigenvalue weighted by Crippen LogP contribution is -2.28. The summed E-state index contributed by atoms with van der Waals surface area (Å²) in [6, 6.07) is 4.14. The minimum atomic E-state index is -0.637. The second-order valence-corrected chi connectivity index (χ2v) is 4.46. The van der Waals surface area contributed by atoms with E-state index in [0.717, 1.165) is 0 Å². The van der Waals surface area contributed by atoms with Gasteiger partial charge in [0.1, 0.15) is 18.0 Å². The minimum Gasteiger partial charge on any atom is -0.334 e. The Kier molecular flexibility index (Phi) is 3.80. The number of halogens is 2. The zero-order valence-electron chi connectivity index (χ0n) is 10.5. The van der Waals surface area contributed by atoms with Gasteiger partial charge in [0.15, 0.2) is 0 Å². The first-order valence-electron chi connectivity index (χ1n) is 5.53. The molecule has 1 aromatic heterocycles. The third-order valence-electron chi connectivity index (χ3n) is 2.71. The van der Waals surface area contributed by atoms with E-state index in [4.69, 9.17) is 11.6 Å². The number of benzene rings is 1. The molecule has 7 heteroatoms. The van der Waals surface area contributed by atoms with Gasteiger partial charge in [0.2, 0.25) is 0 Å². The zero-order valence-corrected chi connectivity index (χ0v) is 11.2. The molecule has 0 spiro atoms. The fourth-order valence-electron chi connectivity index (χ4n) is 1.64. The van der Waals surface area contributed by atoms with Crippen LogP contribution >= 0.6 is 11.6 Å². The van der Waals surface area contributed by atoms with Crippen LogP contribution in [-0.4, -0.2) is 32.6 Å². The Labute approximate surface area is 114 Å². The number of amides is 1. The summed E-state index contributed by atoms with van der Waals surface area (Å²) < 4.78 is 15.2. The molecule has 0 aliphatic heterocycles. The third-order valence-corrected chi connectivity index (χ3v) is 3.02. The average molecular weight is 283 g/mol. The molecule has 2 aromatic rings. The summed E-state index contributed by atoms with van der Waals surface area (Å²) in [7, 11) is 3.27. The highest BCUT2D eigenvalue weighted by Gasteiger charge is 2.20. The fourth-order valence-corrected chi connectivity index (χ4v) is 1.88. The third kappa shape index (κ3) is 2.73. The molecule has 100 valence electrons. The maximum atomic E-state index is 13.7. The van der Waals surface area contributed by atoms with Crippen molar-refractivity contribution in [1.29, 1.82) is 0 Å². The fraction of sp³-hybridized carbons (Fsp3) is 0.250. The molecule has 0 aliphatic rings. The molecule has 2 rings (SSSR count). The van der Waals surface area contributed by atoms with Gasteiger partial charge in [0.05, 0.1) is 17.1 Å². The molecule has 5 nitrogen and oxygen atoms in total. The van der Waals surface area contributed by atoms with Crippen molar-refractivity contribution in [2.75, 3.05) is 7.05 Å². The van der Waals surface area contributed by atoms with E-state index in [1.165, 1.54) is 29.4 Å². The molecule has 0 saturated heterocycles. The highest BCUT2D eigenvalue weighted by molar-refractivity contribution is 6.33. The van der Waals surface area contributed by atoms with E-state index in [0.29, 0.717) is 5.82 Å². The van der Waals surface area contributed by atoms with Crippen molar-refractivity contribution in [1.82, 2.24) is 19.7 Å². The molecule has 0 bridgehead atoms. The predicted molar refractivity (Wildman–Crippen MR) is 68.2 cm³/mol.